The maximum Gasteiger partial charge on any atom is 0.228 e. The molecule has 1 aromatic carbocycles. The number of halogens is 1. The number of anilines is 1. The van der Waals surface area contributed by atoms with E-state index in [4.69, 9.17) is 17.3 Å². The fraction of sp³-hybridized carbons (Fsp3) is 0.357. The van der Waals surface area contributed by atoms with E-state index in [1.807, 2.05) is 11.8 Å². The molecule has 19 heavy (non-hydrogen) atoms. The number of nitrogens with two attached hydrogens (primary N) is 1. The van der Waals surface area contributed by atoms with Crippen molar-refractivity contribution in [1.29, 1.82) is 0 Å². The molecule has 0 radical (unpaired) electrons. The Morgan fingerprint density at radius 2 is 2.42 bits per heavy atom. The number of thioether (sulfide) groups is 1. The molecule has 1 atom stereocenters. The molecule has 3 N–H and O–H groups in total. The van der Waals surface area contributed by atoms with E-state index >= 15 is 0 Å². The van der Waals surface area contributed by atoms with Crippen molar-refractivity contribution in [2.45, 2.75) is 6.42 Å². The quantitative estimate of drug-likeness (QED) is 0.823. The van der Waals surface area contributed by atoms with Crippen LogP contribution >= 0.6 is 23.4 Å². The average Bonchev–Trinajstić information content (AvgIpc) is 2.93. The number of carbonyl (C=O) groups is 1. The Balaban J connectivity index is 2.16. The van der Waals surface area contributed by atoms with Gasteiger partial charge in [0.15, 0.2) is 0 Å². The summed E-state index contributed by atoms with van der Waals surface area (Å²) in [5.74, 6) is 7.81. The van der Waals surface area contributed by atoms with E-state index in [2.05, 4.69) is 17.2 Å². The highest BCUT2D eigenvalue weighted by atomic mass is 35.5. The molecular weight excluding hydrogens is 280 g/mol. The van der Waals surface area contributed by atoms with E-state index in [9.17, 15) is 4.79 Å². The van der Waals surface area contributed by atoms with Gasteiger partial charge in [0.05, 0.1) is 12.2 Å². The van der Waals surface area contributed by atoms with Gasteiger partial charge in [0.1, 0.15) is 0 Å². The van der Waals surface area contributed by atoms with Crippen molar-refractivity contribution < 1.29 is 4.79 Å². The van der Waals surface area contributed by atoms with Gasteiger partial charge in [0.2, 0.25) is 5.91 Å². The number of hydrogen-bond acceptors (Lipinski definition) is 3. The zero-order valence-corrected chi connectivity index (χ0v) is 12.0. The van der Waals surface area contributed by atoms with E-state index in [-0.39, 0.29) is 18.4 Å². The van der Waals surface area contributed by atoms with Crippen LogP contribution in [0.2, 0.25) is 5.02 Å². The topological polar surface area (TPSA) is 55.1 Å². The second-order valence-corrected chi connectivity index (χ2v) is 5.83. The molecule has 100 valence electrons. The van der Waals surface area contributed by atoms with Crippen LogP contribution in [0.15, 0.2) is 18.2 Å². The summed E-state index contributed by atoms with van der Waals surface area (Å²) in [6, 6.07) is 5.26. The Labute approximate surface area is 122 Å². The molecule has 1 heterocycles. The van der Waals surface area contributed by atoms with Crippen LogP contribution in [0.1, 0.15) is 12.0 Å². The summed E-state index contributed by atoms with van der Waals surface area (Å²) >= 11 is 7.76. The maximum atomic E-state index is 12.1. The lowest BCUT2D eigenvalue weighted by Gasteiger charge is -2.11. The molecule has 0 bridgehead atoms. The number of nitrogens with one attached hydrogen (secondary N) is 1. The highest BCUT2D eigenvalue weighted by Crippen LogP contribution is 2.26. The van der Waals surface area contributed by atoms with Gasteiger partial charge in [-0.2, -0.15) is 11.8 Å². The molecule has 1 unspecified atom stereocenters. The molecule has 2 rings (SSSR count). The number of hydrogen-bond donors (Lipinski definition) is 2. The predicted molar refractivity (Wildman–Crippen MR) is 81.4 cm³/mol. The van der Waals surface area contributed by atoms with Gasteiger partial charge in [0.25, 0.3) is 0 Å². The van der Waals surface area contributed by atoms with Gasteiger partial charge in [-0.3, -0.25) is 4.79 Å². The molecule has 5 heteroatoms. The Kier molecular flexibility index (Phi) is 5.15. The lowest BCUT2D eigenvalue weighted by Crippen LogP contribution is -2.22. The normalized spacial score (nSPS) is 17.7. The van der Waals surface area contributed by atoms with Gasteiger partial charge in [-0.05, 0) is 30.4 Å². The monoisotopic (exact) mass is 294 g/mol. The molecule has 0 spiro atoms. The predicted octanol–water partition coefficient (Wildman–Crippen LogP) is 2.34. The van der Waals surface area contributed by atoms with Crippen molar-refractivity contribution in [1.82, 2.24) is 0 Å². The fourth-order valence-corrected chi connectivity index (χ4v) is 3.24. The molecule has 1 aliphatic rings. The van der Waals surface area contributed by atoms with Gasteiger partial charge < -0.3 is 11.1 Å². The summed E-state index contributed by atoms with van der Waals surface area (Å²) in [6.45, 7) is 0.277. The summed E-state index contributed by atoms with van der Waals surface area (Å²) in [5.41, 5.74) is 6.78. The Morgan fingerprint density at radius 3 is 3.11 bits per heavy atom. The van der Waals surface area contributed by atoms with E-state index < -0.39 is 0 Å². The SMILES string of the molecule is NCC#Cc1cc(Cl)ccc1NC(=O)C1CCSC1. The lowest BCUT2D eigenvalue weighted by atomic mass is 10.1. The van der Waals surface area contributed by atoms with Crippen LogP contribution in [-0.2, 0) is 4.79 Å². The molecule has 1 saturated heterocycles. The highest BCUT2D eigenvalue weighted by molar-refractivity contribution is 7.99. The van der Waals surface area contributed by atoms with E-state index in [1.54, 1.807) is 18.2 Å². The highest BCUT2D eigenvalue weighted by Gasteiger charge is 2.23. The molecular formula is C14H15ClN2OS. The summed E-state index contributed by atoms with van der Waals surface area (Å²) in [4.78, 5) is 12.1. The summed E-state index contributed by atoms with van der Waals surface area (Å²) in [5, 5.41) is 3.53. The number of carbonyl (C=O) groups excluding carboxylic acids is 1. The van der Waals surface area contributed by atoms with Crippen molar-refractivity contribution in [2.75, 3.05) is 23.4 Å². The molecule has 1 fully saturated rings. The van der Waals surface area contributed by atoms with Gasteiger partial charge in [-0.15, -0.1) is 0 Å². The van der Waals surface area contributed by atoms with Crippen molar-refractivity contribution in [3.63, 3.8) is 0 Å². The number of amides is 1. The molecule has 0 saturated carbocycles. The number of benzene rings is 1. The molecule has 0 aromatic heterocycles. The Hall–Kier alpha value is -1.15. The van der Waals surface area contributed by atoms with Gasteiger partial charge in [-0.25, -0.2) is 0 Å². The lowest BCUT2D eigenvalue weighted by molar-refractivity contribution is -0.119. The van der Waals surface area contributed by atoms with Crippen LogP contribution in [0.3, 0.4) is 0 Å². The van der Waals surface area contributed by atoms with E-state index in [0.29, 0.717) is 16.3 Å². The van der Waals surface area contributed by atoms with E-state index in [1.165, 1.54) is 0 Å². The molecule has 1 aliphatic heterocycles. The van der Waals surface area contributed by atoms with Crippen LogP contribution in [0.25, 0.3) is 0 Å². The Bertz CT molecular complexity index is 530. The summed E-state index contributed by atoms with van der Waals surface area (Å²) in [7, 11) is 0. The maximum absolute atomic E-state index is 12.1. The van der Waals surface area contributed by atoms with Crippen LogP contribution in [0, 0.1) is 17.8 Å². The van der Waals surface area contributed by atoms with Gasteiger partial charge in [-0.1, -0.05) is 23.4 Å². The number of rotatable bonds is 2. The van der Waals surface area contributed by atoms with Crippen molar-refractivity contribution >= 4 is 35.0 Å². The first-order valence-electron chi connectivity index (χ1n) is 6.08. The minimum absolute atomic E-state index is 0.0584. The third kappa shape index (κ3) is 3.90. The van der Waals surface area contributed by atoms with Crippen LogP contribution in [-0.4, -0.2) is 24.0 Å². The van der Waals surface area contributed by atoms with Crippen LogP contribution in [0.4, 0.5) is 5.69 Å². The smallest absolute Gasteiger partial charge is 0.228 e. The zero-order valence-electron chi connectivity index (χ0n) is 10.4. The first-order valence-corrected chi connectivity index (χ1v) is 7.61. The fourth-order valence-electron chi connectivity index (χ4n) is 1.85. The average molecular weight is 295 g/mol. The summed E-state index contributed by atoms with van der Waals surface area (Å²) in [6.07, 6.45) is 0.938. The third-order valence-electron chi connectivity index (χ3n) is 2.87. The van der Waals surface area contributed by atoms with Crippen molar-refractivity contribution in [2.24, 2.45) is 11.7 Å². The minimum atomic E-state index is 0.0584. The van der Waals surface area contributed by atoms with Gasteiger partial charge >= 0.3 is 0 Å². The first kappa shape index (κ1) is 14.3. The second-order valence-electron chi connectivity index (χ2n) is 4.25. The zero-order chi connectivity index (χ0) is 13.7. The van der Waals surface area contributed by atoms with E-state index in [0.717, 1.165) is 17.9 Å². The third-order valence-corrected chi connectivity index (χ3v) is 4.26. The first-order chi connectivity index (χ1) is 9.20. The molecule has 0 aliphatic carbocycles. The van der Waals surface area contributed by atoms with Gasteiger partial charge in [0, 0.05) is 22.3 Å². The van der Waals surface area contributed by atoms with Crippen LogP contribution < -0.4 is 11.1 Å². The Morgan fingerprint density at radius 1 is 1.58 bits per heavy atom. The molecule has 1 aromatic rings. The molecule has 3 nitrogen and oxygen atoms in total. The summed E-state index contributed by atoms with van der Waals surface area (Å²) < 4.78 is 0. The largest absolute Gasteiger partial charge is 0.325 e. The second kappa shape index (κ2) is 6.85. The minimum Gasteiger partial charge on any atom is -0.325 e. The standard InChI is InChI=1S/C14H15ClN2OS/c15-12-3-4-13(10(8-12)2-1-6-16)17-14(18)11-5-7-19-9-11/h3-4,8,11H,5-7,9,16H2,(H,17,18). The van der Waals surface area contributed by atoms with Crippen molar-refractivity contribution in [3.8, 4) is 11.8 Å². The molecule has 1 amide bonds. The van der Waals surface area contributed by atoms with Crippen LogP contribution in [0.5, 0.6) is 0 Å². The van der Waals surface area contributed by atoms with Crippen molar-refractivity contribution in [3.05, 3.63) is 28.8 Å².